The van der Waals surface area contributed by atoms with E-state index in [0.29, 0.717) is 22.8 Å². The van der Waals surface area contributed by atoms with Crippen molar-refractivity contribution in [2.24, 2.45) is 0 Å². The van der Waals surface area contributed by atoms with Crippen LogP contribution in [0.15, 0.2) is 78.9 Å². The first kappa shape index (κ1) is 24.8. The van der Waals surface area contributed by atoms with Gasteiger partial charge in [0.25, 0.3) is 0 Å². The SMILES string of the molecule is CNC(=O)C(Cc1ccccc1)N(Cc1ccccc1Cl)C(=O)CSCc1ccccc1F. The zero-order valence-electron chi connectivity index (χ0n) is 18.3. The molecular formula is C26H26ClFN2O2S. The zero-order chi connectivity index (χ0) is 23.6. The number of hydrogen-bond acceptors (Lipinski definition) is 3. The van der Waals surface area contributed by atoms with Crippen molar-refractivity contribution in [3.05, 3.63) is 106 Å². The minimum absolute atomic E-state index is 0.112. The Hall–Kier alpha value is -2.83. The van der Waals surface area contributed by atoms with Crippen molar-refractivity contribution in [3.8, 4) is 0 Å². The van der Waals surface area contributed by atoms with Crippen molar-refractivity contribution < 1.29 is 14.0 Å². The average Bonchev–Trinajstić information content (AvgIpc) is 2.83. The molecule has 3 aromatic carbocycles. The van der Waals surface area contributed by atoms with E-state index < -0.39 is 6.04 Å². The van der Waals surface area contributed by atoms with Gasteiger partial charge in [-0.25, -0.2) is 4.39 Å². The van der Waals surface area contributed by atoms with E-state index in [2.05, 4.69) is 5.32 Å². The summed E-state index contributed by atoms with van der Waals surface area (Å²) in [5.41, 5.74) is 2.25. The lowest BCUT2D eigenvalue weighted by Crippen LogP contribution is -2.50. The Balaban J connectivity index is 1.83. The maximum atomic E-state index is 14.0. The highest BCUT2D eigenvalue weighted by molar-refractivity contribution is 7.99. The highest BCUT2D eigenvalue weighted by Crippen LogP contribution is 2.22. The first-order valence-corrected chi connectivity index (χ1v) is 12.1. The summed E-state index contributed by atoms with van der Waals surface area (Å²) in [6, 6.07) is 22.7. The highest BCUT2D eigenvalue weighted by Gasteiger charge is 2.30. The van der Waals surface area contributed by atoms with Gasteiger partial charge in [0.05, 0.1) is 5.75 Å². The number of rotatable bonds is 10. The molecule has 0 spiro atoms. The van der Waals surface area contributed by atoms with Gasteiger partial charge in [0.1, 0.15) is 11.9 Å². The first-order chi connectivity index (χ1) is 16.0. The Morgan fingerprint density at radius 3 is 2.27 bits per heavy atom. The van der Waals surface area contributed by atoms with Gasteiger partial charge in [0.2, 0.25) is 11.8 Å². The second-order valence-corrected chi connectivity index (χ2v) is 8.91. The molecule has 1 N–H and O–H groups in total. The van der Waals surface area contributed by atoms with Gasteiger partial charge < -0.3 is 10.2 Å². The van der Waals surface area contributed by atoms with Crippen LogP contribution in [0.2, 0.25) is 5.02 Å². The maximum Gasteiger partial charge on any atom is 0.242 e. The summed E-state index contributed by atoms with van der Waals surface area (Å²) >= 11 is 7.69. The number of carbonyl (C=O) groups is 2. The van der Waals surface area contributed by atoms with E-state index in [-0.39, 0.29) is 29.9 Å². The fraction of sp³-hybridized carbons (Fsp3) is 0.231. The molecule has 0 saturated heterocycles. The van der Waals surface area contributed by atoms with Crippen LogP contribution in [0.5, 0.6) is 0 Å². The smallest absolute Gasteiger partial charge is 0.242 e. The van der Waals surface area contributed by atoms with Gasteiger partial charge in [-0.3, -0.25) is 9.59 Å². The predicted molar refractivity (Wildman–Crippen MR) is 133 cm³/mol. The van der Waals surface area contributed by atoms with E-state index in [0.717, 1.165) is 11.1 Å². The summed E-state index contributed by atoms with van der Waals surface area (Å²) in [6.07, 6.45) is 0.370. The van der Waals surface area contributed by atoms with Crippen LogP contribution in [0.4, 0.5) is 4.39 Å². The summed E-state index contributed by atoms with van der Waals surface area (Å²) in [4.78, 5) is 27.8. The molecule has 1 unspecified atom stereocenters. The number of thioether (sulfide) groups is 1. The Labute approximate surface area is 203 Å². The zero-order valence-corrected chi connectivity index (χ0v) is 19.9. The Bertz CT molecular complexity index is 1080. The van der Waals surface area contributed by atoms with Gasteiger partial charge >= 0.3 is 0 Å². The van der Waals surface area contributed by atoms with Crippen LogP contribution in [-0.2, 0) is 28.3 Å². The van der Waals surface area contributed by atoms with Crippen LogP contribution in [-0.4, -0.2) is 35.6 Å². The number of hydrogen-bond donors (Lipinski definition) is 1. The molecule has 4 nitrogen and oxygen atoms in total. The molecule has 3 rings (SSSR count). The normalized spacial score (nSPS) is 11.6. The van der Waals surface area contributed by atoms with E-state index >= 15 is 0 Å². The molecule has 0 heterocycles. The third-order valence-electron chi connectivity index (χ3n) is 5.26. The number of nitrogens with zero attached hydrogens (tertiary/aromatic N) is 1. The fourth-order valence-electron chi connectivity index (χ4n) is 3.48. The molecule has 172 valence electrons. The topological polar surface area (TPSA) is 49.4 Å². The lowest BCUT2D eigenvalue weighted by Gasteiger charge is -2.31. The third-order valence-corrected chi connectivity index (χ3v) is 6.59. The van der Waals surface area contributed by atoms with E-state index in [9.17, 15) is 14.0 Å². The molecule has 0 aliphatic rings. The quantitative estimate of drug-likeness (QED) is 0.435. The summed E-state index contributed by atoms with van der Waals surface area (Å²) in [7, 11) is 1.56. The Morgan fingerprint density at radius 1 is 0.970 bits per heavy atom. The minimum atomic E-state index is -0.713. The van der Waals surface area contributed by atoms with E-state index in [1.165, 1.54) is 17.8 Å². The Morgan fingerprint density at radius 2 is 1.61 bits per heavy atom. The van der Waals surface area contributed by atoms with Gasteiger partial charge in [0, 0.05) is 30.8 Å². The largest absolute Gasteiger partial charge is 0.357 e. The van der Waals surface area contributed by atoms with Crippen molar-refractivity contribution in [2.45, 2.75) is 24.8 Å². The molecule has 3 aromatic rings. The molecule has 33 heavy (non-hydrogen) atoms. The van der Waals surface area contributed by atoms with Gasteiger partial charge in [0.15, 0.2) is 0 Å². The van der Waals surface area contributed by atoms with Crippen LogP contribution < -0.4 is 5.32 Å². The summed E-state index contributed by atoms with van der Waals surface area (Å²) in [5, 5.41) is 3.22. The van der Waals surface area contributed by atoms with E-state index in [1.54, 1.807) is 36.2 Å². The van der Waals surface area contributed by atoms with Crippen molar-refractivity contribution in [1.29, 1.82) is 0 Å². The molecule has 0 saturated carbocycles. The van der Waals surface area contributed by atoms with Gasteiger partial charge in [-0.15, -0.1) is 11.8 Å². The monoisotopic (exact) mass is 484 g/mol. The van der Waals surface area contributed by atoms with Gasteiger partial charge in [-0.05, 0) is 28.8 Å². The third kappa shape index (κ3) is 7.07. The van der Waals surface area contributed by atoms with Crippen LogP contribution in [0, 0.1) is 5.82 Å². The molecule has 0 radical (unpaired) electrons. The number of amides is 2. The van der Waals surface area contributed by atoms with Crippen LogP contribution in [0.25, 0.3) is 0 Å². The van der Waals surface area contributed by atoms with Crippen LogP contribution >= 0.6 is 23.4 Å². The second-order valence-electron chi connectivity index (χ2n) is 7.52. The second kappa shape index (κ2) is 12.4. The molecule has 0 bridgehead atoms. The molecule has 0 aliphatic heterocycles. The standard InChI is InChI=1S/C26H26ClFN2O2S/c1-29-26(32)24(15-19-9-3-2-4-10-19)30(16-20-11-5-7-13-22(20)27)25(31)18-33-17-21-12-6-8-14-23(21)28/h2-14,24H,15-18H2,1H3,(H,29,32). The predicted octanol–water partition coefficient (Wildman–Crippen LogP) is 5.10. The molecule has 2 amide bonds. The van der Waals surface area contributed by atoms with Crippen molar-refractivity contribution in [1.82, 2.24) is 10.2 Å². The summed E-state index contributed by atoms with van der Waals surface area (Å²) < 4.78 is 14.0. The van der Waals surface area contributed by atoms with Gasteiger partial charge in [-0.2, -0.15) is 0 Å². The van der Waals surface area contributed by atoms with E-state index in [4.69, 9.17) is 11.6 Å². The molecule has 0 aromatic heterocycles. The minimum Gasteiger partial charge on any atom is -0.357 e. The van der Waals surface area contributed by atoms with Crippen molar-refractivity contribution in [3.63, 3.8) is 0 Å². The number of carbonyl (C=O) groups excluding carboxylic acids is 2. The summed E-state index contributed by atoms with van der Waals surface area (Å²) in [6.45, 7) is 0.198. The van der Waals surface area contributed by atoms with Crippen LogP contribution in [0.1, 0.15) is 16.7 Å². The maximum absolute atomic E-state index is 14.0. The average molecular weight is 485 g/mol. The number of likely N-dealkylation sites (N-methyl/N-ethyl adjacent to an activating group) is 1. The molecule has 0 fully saturated rings. The van der Waals surface area contributed by atoms with Crippen molar-refractivity contribution >= 4 is 35.2 Å². The molecule has 0 aliphatic carbocycles. The van der Waals surface area contributed by atoms with Crippen LogP contribution in [0.3, 0.4) is 0 Å². The van der Waals surface area contributed by atoms with Crippen molar-refractivity contribution in [2.75, 3.05) is 12.8 Å². The fourth-order valence-corrected chi connectivity index (χ4v) is 4.57. The molecule has 1 atom stereocenters. The van der Waals surface area contributed by atoms with Gasteiger partial charge in [-0.1, -0.05) is 78.3 Å². The lowest BCUT2D eigenvalue weighted by molar-refractivity contribution is -0.139. The summed E-state index contributed by atoms with van der Waals surface area (Å²) in [5.74, 6) is -0.278. The Kier molecular flexibility index (Phi) is 9.34. The molecular weight excluding hydrogens is 459 g/mol. The number of nitrogens with one attached hydrogen (secondary N) is 1. The number of benzene rings is 3. The van der Waals surface area contributed by atoms with E-state index in [1.807, 2.05) is 48.5 Å². The number of halogens is 2. The molecule has 7 heteroatoms. The first-order valence-electron chi connectivity index (χ1n) is 10.6. The lowest BCUT2D eigenvalue weighted by atomic mass is 10.0. The highest BCUT2D eigenvalue weighted by atomic mass is 35.5.